The number of piperidine rings is 1. The van der Waals surface area contributed by atoms with Crippen LogP contribution in [0.5, 0.6) is 0 Å². The Morgan fingerprint density at radius 1 is 1.19 bits per heavy atom. The Morgan fingerprint density at radius 3 is 2.52 bits per heavy atom. The standard InChI is InChI=1S/C22H24Cl3N3O2S/c1-13(21(26)17(29)12-20(30)28-9-3-2-4-10-28)22(18-7-8-19(25)31-18)27-16-6-5-14(23)11-15(16)24/h5-6,8,11,18,26-27H,2-4,7,9-10,12H2,1H3/b22-13-,26-21?. The Hall–Kier alpha value is -1.47. The highest BCUT2D eigenvalue weighted by molar-refractivity contribution is 8.05. The number of ketones is 1. The van der Waals surface area contributed by atoms with Crippen LogP contribution in [0.2, 0.25) is 10.0 Å². The number of rotatable bonds is 7. The molecule has 2 aliphatic heterocycles. The molecule has 0 spiro atoms. The van der Waals surface area contributed by atoms with Crippen LogP contribution in [0.15, 0.2) is 39.9 Å². The Bertz CT molecular complexity index is 955. The number of allylic oxidation sites excluding steroid dienone is 2. The fraction of sp³-hybridized carbons (Fsp3) is 0.409. The molecule has 0 aliphatic carbocycles. The van der Waals surface area contributed by atoms with Gasteiger partial charge < -0.3 is 10.2 Å². The summed E-state index contributed by atoms with van der Waals surface area (Å²) in [6.45, 7) is 3.07. The number of thioether (sulfide) groups is 1. The van der Waals surface area contributed by atoms with Crippen molar-refractivity contribution in [3.05, 3.63) is 50.0 Å². The maximum absolute atomic E-state index is 12.8. The lowest BCUT2D eigenvalue weighted by molar-refractivity contribution is -0.134. The van der Waals surface area contributed by atoms with E-state index in [9.17, 15) is 9.59 Å². The van der Waals surface area contributed by atoms with Crippen LogP contribution in [0.25, 0.3) is 0 Å². The quantitative estimate of drug-likeness (QED) is 0.342. The van der Waals surface area contributed by atoms with E-state index in [1.807, 2.05) is 6.08 Å². The van der Waals surface area contributed by atoms with Gasteiger partial charge in [-0.05, 0) is 56.4 Å². The minimum absolute atomic E-state index is 0.0924. The number of hydrogen-bond acceptors (Lipinski definition) is 5. The minimum atomic E-state index is -0.489. The summed E-state index contributed by atoms with van der Waals surface area (Å²) in [6.07, 6.45) is 5.29. The van der Waals surface area contributed by atoms with Gasteiger partial charge in [-0.15, -0.1) is 11.8 Å². The molecule has 0 aromatic heterocycles. The molecule has 1 fully saturated rings. The largest absolute Gasteiger partial charge is 0.356 e. The second-order valence-corrected chi connectivity index (χ2v) is 10.3. The third-order valence-electron chi connectivity index (χ3n) is 5.35. The molecule has 166 valence electrons. The third kappa shape index (κ3) is 6.28. The van der Waals surface area contributed by atoms with Crippen LogP contribution in [0.1, 0.15) is 39.0 Å². The van der Waals surface area contributed by atoms with Crippen molar-refractivity contribution >= 4 is 69.7 Å². The number of nitrogens with one attached hydrogen (secondary N) is 2. The van der Waals surface area contributed by atoms with Crippen LogP contribution in [-0.2, 0) is 9.59 Å². The fourth-order valence-corrected chi connectivity index (χ4v) is 5.46. The number of carbonyl (C=O) groups excluding carboxylic acids is 2. The number of hydrogen-bond donors (Lipinski definition) is 2. The molecule has 1 saturated heterocycles. The number of Topliss-reactive ketones (excluding diaryl/α,β-unsaturated/α-hetero) is 1. The molecular formula is C22H24Cl3N3O2S. The highest BCUT2D eigenvalue weighted by atomic mass is 35.5. The second-order valence-electron chi connectivity index (χ2n) is 7.55. The molecule has 3 rings (SSSR count). The number of benzene rings is 1. The molecule has 0 saturated carbocycles. The Balaban J connectivity index is 1.81. The zero-order valence-electron chi connectivity index (χ0n) is 17.1. The molecular weight excluding hydrogens is 477 g/mol. The molecule has 0 radical (unpaired) electrons. The van der Waals surface area contributed by atoms with Crippen LogP contribution >= 0.6 is 46.6 Å². The molecule has 2 N–H and O–H groups in total. The van der Waals surface area contributed by atoms with E-state index in [1.54, 1.807) is 30.0 Å². The number of likely N-dealkylation sites (tertiary alicyclic amines) is 1. The van der Waals surface area contributed by atoms with Crippen molar-refractivity contribution in [3.63, 3.8) is 0 Å². The summed E-state index contributed by atoms with van der Waals surface area (Å²) in [5.41, 5.74) is 1.58. The van der Waals surface area contributed by atoms with E-state index in [0.29, 0.717) is 50.9 Å². The molecule has 1 amide bonds. The van der Waals surface area contributed by atoms with Gasteiger partial charge in [0.1, 0.15) is 5.71 Å². The van der Waals surface area contributed by atoms with Crippen molar-refractivity contribution in [1.29, 1.82) is 5.41 Å². The fourth-order valence-electron chi connectivity index (χ4n) is 3.58. The lowest BCUT2D eigenvalue weighted by Gasteiger charge is -2.26. The van der Waals surface area contributed by atoms with Crippen molar-refractivity contribution in [2.45, 2.75) is 44.3 Å². The molecule has 1 atom stereocenters. The molecule has 1 aromatic carbocycles. The van der Waals surface area contributed by atoms with Gasteiger partial charge in [-0.1, -0.05) is 40.9 Å². The van der Waals surface area contributed by atoms with E-state index in [4.69, 9.17) is 40.2 Å². The van der Waals surface area contributed by atoms with E-state index in [2.05, 4.69) is 5.32 Å². The smallest absolute Gasteiger partial charge is 0.230 e. The molecule has 1 aromatic rings. The molecule has 0 bridgehead atoms. The predicted molar refractivity (Wildman–Crippen MR) is 130 cm³/mol. The highest BCUT2D eigenvalue weighted by Gasteiger charge is 2.28. The SMILES string of the molecule is C/C(C(=N)C(=O)CC(=O)N1CCCCC1)=C(/Nc1ccc(Cl)cc1Cl)C1CC=C(Cl)S1. The average Bonchev–Trinajstić information content (AvgIpc) is 3.18. The van der Waals surface area contributed by atoms with Gasteiger partial charge in [0.15, 0.2) is 5.78 Å². The zero-order valence-corrected chi connectivity index (χ0v) is 20.2. The summed E-state index contributed by atoms with van der Waals surface area (Å²) in [5, 5.41) is 12.6. The summed E-state index contributed by atoms with van der Waals surface area (Å²) >= 11 is 19.9. The van der Waals surface area contributed by atoms with Crippen LogP contribution in [0.4, 0.5) is 5.69 Å². The van der Waals surface area contributed by atoms with Gasteiger partial charge >= 0.3 is 0 Å². The van der Waals surface area contributed by atoms with E-state index in [1.165, 1.54) is 11.8 Å². The first-order chi connectivity index (χ1) is 14.8. The van der Waals surface area contributed by atoms with Gasteiger partial charge in [-0.3, -0.25) is 15.0 Å². The maximum Gasteiger partial charge on any atom is 0.230 e. The number of carbonyl (C=O) groups is 2. The second kappa shape index (κ2) is 10.9. The normalized spacial score (nSPS) is 19.5. The summed E-state index contributed by atoms with van der Waals surface area (Å²) in [6, 6.07) is 5.08. The summed E-state index contributed by atoms with van der Waals surface area (Å²) in [7, 11) is 0. The van der Waals surface area contributed by atoms with Crippen LogP contribution in [0, 0.1) is 5.41 Å². The summed E-state index contributed by atoms with van der Waals surface area (Å²) in [4.78, 5) is 27.0. The van der Waals surface area contributed by atoms with Gasteiger partial charge in [0.25, 0.3) is 0 Å². The highest BCUT2D eigenvalue weighted by Crippen LogP contribution is 2.40. The van der Waals surface area contributed by atoms with E-state index < -0.39 is 5.78 Å². The number of amides is 1. The Labute approximate surface area is 201 Å². The molecule has 2 aliphatic rings. The van der Waals surface area contributed by atoms with Crippen molar-refractivity contribution < 1.29 is 9.59 Å². The molecule has 5 nitrogen and oxygen atoms in total. The first kappa shape index (κ1) is 24.2. The lowest BCUT2D eigenvalue weighted by atomic mass is 10.0. The van der Waals surface area contributed by atoms with Gasteiger partial charge in [0.05, 0.1) is 26.7 Å². The summed E-state index contributed by atoms with van der Waals surface area (Å²) in [5.74, 6) is -0.700. The number of anilines is 1. The monoisotopic (exact) mass is 499 g/mol. The van der Waals surface area contributed by atoms with Gasteiger partial charge in [0, 0.05) is 23.8 Å². The molecule has 2 heterocycles. The summed E-state index contributed by atoms with van der Waals surface area (Å²) < 4.78 is 0.664. The minimum Gasteiger partial charge on any atom is -0.356 e. The number of halogens is 3. The molecule has 9 heteroatoms. The van der Waals surface area contributed by atoms with E-state index in [0.717, 1.165) is 19.3 Å². The van der Waals surface area contributed by atoms with Gasteiger partial charge in [-0.2, -0.15) is 0 Å². The topological polar surface area (TPSA) is 73.3 Å². The molecule has 1 unspecified atom stereocenters. The van der Waals surface area contributed by atoms with Gasteiger partial charge in [-0.25, -0.2) is 0 Å². The van der Waals surface area contributed by atoms with Crippen molar-refractivity contribution in [1.82, 2.24) is 4.90 Å². The van der Waals surface area contributed by atoms with Crippen LogP contribution in [-0.4, -0.2) is 40.6 Å². The van der Waals surface area contributed by atoms with Crippen molar-refractivity contribution in [2.24, 2.45) is 0 Å². The van der Waals surface area contributed by atoms with Gasteiger partial charge in [0.2, 0.25) is 5.91 Å². The van der Waals surface area contributed by atoms with Crippen LogP contribution in [0.3, 0.4) is 0 Å². The zero-order chi connectivity index (χ0) is 22.5. The maximum atomic E-state index is 12.8. The van der Waals surface area contributed by atoms with E-state index in [-0.39, 0.29) is 23.3 Å². The van der Waals surface area contributed by atoms with E-state index >= 15 is 0 Å². The van der Waals surface area contributed by atoms with Crippen molar-refractivity contribution in [3.8, 4) is 0 Å². The predicted octanol–water partition coefficient (Wildman–Crippen LogP) is 6.26. The number of nitrogens with zero attached hydrogens (tertiary/aromatic N) is 1. The first-order valence-corrected chi connectivity index (χ1v) is 12.1. The first-order valence-electron chi connectivity index (χ1n) is 10.1. The van der Waals surface area contributed by atoms with Crippen LogP contribution < -0.4 is 5.32 Å². The molecule has 31 heavy (non-hydrogen) atoms. The Kier molecular flexibility index (Phi) is 8.50. The van der Waals surface area contributed by atoms with Crippen molar-refractivity contribution in [2.75, 3.05) is 18.4 Å². The average molecular weight is 501 g/mol. The lowest BCUT2D eigenvalue weighted by Crippen LogP contribution is -2.37. The Morgan fingerprint density at radius 2 is 1.90 bits per heavy atom. The third-order valence-corrected chi connectivity index (χ3v) is 7.42.